The SMILES string of the molecule is C=C(C)C(=O)OCCOc1ccc(OCCOC(=O)C(=C)C)c(N)c1N. The van der Waals surface area contributed by atoms with Gasteiger partial charge in [0.05, 0.1) is 0 Å². The van der Waals surface area contributed by atoms with Crippen LogP contribution in [0, 0.1) is 0 Å². The van der Waals surface area contributed by atoms with Crippen LogP contribution in [0.15, 0.2) is 36.4 Å². The van der Waals surface area contributed by atoms with Gasteiger partial charge < -0.3 is 30.4 Å². The Bertz CT molecular complexity index is 640. The highest BCUT2D eigenvalue weighted by Gasteiger charge is 2.11. The summed E-state index contributed by atoms with van der Waals surface area (Å²) in [5.41, 5.74) is 12.9. The van der Waals surface area contributed by atoms with Crippen molar-refractivity contribution in [3.05, 3.63) is 36.4 Å². The number of carbonyl (C=O) groups is 2. The van der Waals surface area contributed by atoms with Gasteiger partial charge in [0.15, 0.2) is 0 Å². The fourth-order valence-corrected chi connectivity index (χ4v) is 1.67. The number of hydrogen-bond acceptors (Lipinski definition) is 8. The maximum Gasteiger partial charge on any atom is 0.333 e. The van der Waals surface area contributed by atoms with E-state index in [4.69, 9.17) is 30.4 Å². The minimum Gasteiger partial charge on any atom is -0.488 e. The largest absolute Gasteiger partial charge is 0.488 e. The lowest BCUT2D eigenvalue weighted by Gasteiger charge is -2.14. The van der Waals surface area contributed by atoms with Crippen LogP contribution in [0.3, 0.4) is 0 Å². The van der Waals surface area contributed by atoms with Gasteiger partial charge in [-0.05, 0) is 26.0 Å². The number of rotatable bonds is 10. The van der Waals surface area contributed by atoms with E-state index in [1.165, 1.54) is 0 Å². The number of esters is 2. The first-order valence-electron chi connectivity index (χ1n) is 7.82. The van der Waals surface area contributed by atoms with Gasteiger partial charge in [-0.25, -0.2) is 9.59 Å². The number of ether oxygens (including phenoxy) is 4. The second-order valence-electron chi connectivity index (χ2n) is 5.42. The Kier molecular flexibility index (Phi) is 8.01. The predicted octanol–water partition coefficient (Wildman–Crippen LogP) is 1.85. The van der Waals surface area contributed by atoms with Gasteiger partial charge in [0, 0.05) is 11.1 Å². The molecule has 0 aliphatic heterocycles. The number of benzene rings is 1. The summed E-state index contributed by atoms with van der Waals surface area (Å²) >= 11 is 0. The van der Waals surface area contributed by atoms with Crippen molar-refractivity contribution in [3.8, 4) is 11.5 Å². The molecule has 0 aliphatic carbocycles. The molecule has 8 heteroatoms. The molecule has 0 aromatic heterocycles. The average molecular weight is 364 g/mol. The second kappa shape index (κ2) is 9.97. The quantitative estimate of drug-likeness (QED) is 0.279. The van der Waals surface area contributed by atoms with Crippen molar-refractivity contribution in [2.24, 2.45) is 0 Å². The molecule has 0 spiro atoms. The van der Waals surface area contributed by atoms with Crippen molar-refractivity contribution >= 4 is 23.3 Å². The number of anilines is 2. The van der Waals surface area contributed by atoms with Crippen molar-refractivity contribution in [1.82, 2.24) is 0 Å². The molecule has 142 valence electrons. The molecule has 0 unspecified atom stereocenters. The standard InChI is InChI=1S/C18H24N2O6/c1-11(2)17(21)25-9-7-23-13-5-6-14(16(20)15(13)19)24-8-10-26-18(22)12(3)4/h5-6H,1,3,7-10,19-20H2,2,4H3. The van der Waals surface area contributed by atoms with E-state index in [0.717, 1.165) is 0 Å². The van der Waals surface area contributed by atoms with Crippen LogP contribution in [-0.4, -0.2) is 38.4 Å². The van der Waals surface area contributed by atoms with Crippen LogP contribution in [0.25, 0.3) is 0 Å². The molecule has 8 nitrogen and oxygen atoms in total. The van der Waals surface area contributed by atoms with Crippen LogP contribution >= 0.6 is 0 Å². The first kappa shape index (κ1) is 20.9. The zero-order valence-electron chi connectivity index (χ0n) is 15.0. The van der Waals surface area contributed by atoms with Gasteiger partial charge in [0.1, 0.15) is 49.3 Å². The first-order valence-corrected chi connectivity index (χ1v) is 7.82. The predicted molar refractivity (Wildman–Crippen MR) is 97.8 cm³/mol. The average Bonchev–Trinajstić information content (AvgIpc) is 2.59. The molecule has 1 rings (SSSR count). The zero-order valence-corrected chi connectivity index (χ0v) is 15.0. The van der Waals surface area contributed by atoms with Crippen molar-refractivity contribution in [3.63, 3.8) is 0 Å². The van der Waals surface area contributed by atoms with E-state index < -0.39 is 11.9 Å². The minimum atomic E-state index is -0.489. The normalized spacial score (nSPS) is 9.92. The highest BCUT2D eigenvalue weighted by Crippen LogP contribution is 2.35. The number of nitrogen functional groups attached to an aromatic ring is 2. The van der Waals surface area contributed by atoms with Gasteiger partial charge in [0.2, 0.25) is 0 Å². The maximum atomic E-state index is 11.2. The molecule has 0 amide bonds. The third-order valence-corrected chi connectivity index (χ3v) is 3.05. The Morgan fingerprint density at radius 3 is 1.46 bits per heavy atom. The van der Waals surface area contributed by atoms with Gasteiger partial charge in [-0.1, -0.05) is 13.2 Å². The molecule has 0 saturated carbocycles. The molecule has 1 aromatic rings. The summed E-state index contributed by atoms with van der Waals surface area (Å²) in [4.78, 5) is 22.5. The van der Waals surface area contributed by atoms with Crippen molar-refractivity contribution in [1.29, 1.82) is 0 Å². The van der Waals surface area contributed by atoms with Gasteiger partial charge in [-0.2, -0.15) is 0 Å². The molecule has 0 bridgehead atoms. The van der Waals surface area contributed by atoms with Crippen molar-refractivity contribution < 1.29 is 28.5 Å². The third-order valence-electron chi connectivity index (χ3n) is 3.05. The Hall–Kier alpha value is -3.16. The van der Waals surface area contributed by atoms with Crippen LogP contribution in [0.2, 0.25) is 0 Å². The van der Waals surface area contributed by atoms with Gasteiger partial charge in [-0.3, -0.25) is 0 Å². The fourth-order valence-electron chi connectivity index (χ4n) is 1.67. The monoisotopic (exact) mass is 364 g/mol. The maximum absolute atomic E-state index is 11.2. The number of hydrogen-bond donors (Lipinski definition) is 2. The lowest BCUT2D eigenvalue weighted by Crippen LogP contribution is -2.14. The summed E-state index contributed by atoms with van der Waals surface area (Å²) in [6.07, 6.45) is 0. The minimum absolute atomic E-state index is 0.0530. The topological polar surface area (TPSA) is 123 Å². The molecule has 0 radical (unpaired) electrons. The summed E-state index contributed by atoms with van der Waals surface area (Å²) in [5, 5.41) is 0. The van der Waals surface area contributed by atoms with Crippen LogP contribution in [0.1, 0.15) is 13.8 Å². The van der Waals surface area contributed by atoms with Crippen molar-refractivity contribution in [2.45, 2.75) is 13.8 Å². The first-order chi connectivity index (χ1) is 12.2. The molecule has 0 fully saturated rings. The number of nitrogens with two attached hydrogens (primary N) is 2. The Labute approximate surface area is 152 Å². The summed E-state index contributed by atoms with van der Waals surface area (Å²) in [6.45, 7) is 10.4. The van der Waals surface area contributed by atoms with E-state index in [1.54, 1.807) is 26.0 Å². The summed E-state index contributed by atoms with van der Waals surface area (Å²) < 4.78 is 20.7. The zero-order chi connectivity index (χ0) is 19.7. The second-order valence-corrected chi connectivity index (χ2v) is 5.42. The highest BCUT2D eigenvalue weighted by molar-refractivity contribution is 5.87. The van der Waals surface area contributed by atoms with E-state index in [2.05, 4.69) is 13.2 Å². The van der Waals surface area contributed by atoms with Crippen LogP contribution < -0.4 is 20.9 Å². The van der Waals surface area contributed by atoms with Gasteiger partial charge >= 0.3 is 11.9 Å². The molecule has 0 aliphatic rings. The summed E-state index contributed by atoms with van der Waals surface area (Å²) in [6, 6.07) is 3.17. The molecular formula is C18H24N2O6. The smallest absolute Gasteiger partial charge is 0.333 e. The van der Waals surface area contributed by atoms with Gasteiger partial charge in [-0.15, -0.1) is 0 Å². The van der Waals surface area contributed by atoms with E-state index >= 15 is 0 Å². The molecule has 26 heavy (non-hydrogen) atoms. The molecular weight excluding hydrogens is 340 g/mol. The molecule has 0 saturated heterocycles. The van der Waals surface area contributed by atoms with Gasteiger partial charge in [0.25, 0.3) is 0 Å². The van der Waals surface area contributed by atoms with Crippen LogP contribution in [-0.2, 0) is 19.1 Å². The van der Waals surface area contributed by atoms with Crippen LogP contribution in [0.5, 0.6) is 11.5 Å². The van der Waals surface area contributed by atoms with Crippen LogP contribution in [0.4, 0.5) is 11.4 Å². The molecule has 0 heterocycles. The summed E-state index contributed by atoms with van der Waals surface area (Å²) in [7, 11) is 0. The van der Waals surface area contributed by atoms with Crippen molar-refractivity contribution in [2.75, 3.05) is 37.9 Å². The summed E-state index contributed by atoms with van der Waals surface area (Å²) in [5.74, 6) is -0.292. The highest BCUT2D eigenvalue weighted by atomic mass is 16.6. The lowest BCUT2D eigenvalue weighted by atomic mass is 10.2. The Morgan fingerprint density at radius 1 is 0.808 bits per heavy atom. The fraction of sp³-hybridized carbons (Fsp3) is 0.333. The number of carbonyl (C=O) groups excluding carboxylic acids is 2. The third kappa shape index (κ3) is 6.39. The Balaban J connectivity index is 2.49. The van der Waals surface area contributed by atoms with E-state index in [9.17, 15) is 9.59 Å². The lowest BCUT2D eigenvalue weighted by molar-refractivity contribution is -0.140. The van der Waals surface area contributed by atoms with E-state index in [0.29, 0.717) is 22.6 Å². The Morgan fingerprint density at radius 2 is 1.15 bits per heavy atom. The molecule has 4 N–H and O–H groups in total. The molecule has 0 atom stereocenters. The molecule has 1 aromatic carbocycles. The van der Waals surface area contributed by atoms with E-state index in [-0.39, 0.29) is 37.8 Å². The van der Waals surface area contributed by atoms with E-state index in [1.807, 2.05) is 0 Å².